The van der Waals surface area contributed by atoms with Crippen molar-refractivity contribution in [3.8, 4) is 0 Å². The highest BCUT2D eigenvalue weighted by atomic mass is 14.9. The highest BCUT2D eigenvalue weighted by Gasteiger charge is 2.16. The second-order valence-electron chi connectivity index (χ2n) is 4.76. The average Bonchev–Trinajstić information content (AvgIpc) is 2.31. The van der Waals surface area contributed by atoms with Crippen molar-refractivity contribution in [2.24, 2.45) is 5.92 Å². The van der Waals surface area contributed by atoms with Gasteiger partial charge in [-0.25, -0.2) is 0 Å². The van der Waals surface area contributed by atoms with Crippen molar-refractivity contribution >= 4 is 0 Å². The van der Waals surface area contributed by atoms with Crippen molar-refractivity contribution in [1.82, 2.24) is 5.32 Å². The molecule has 2 atom stereocenters. The molecule has 2 rings (SSSR count). The predicted octanol–water partition coefficient (Wildman–Crippen LogP) is 3.18. The molecule has 1 fully saturated rings. The van der Waals surface area contributed by atoms with Crippen LogP contribution < -0.4 is 5.32 Å². The third-order valence-corrected chi connectivity index (χ3v) is 3.45. The number of hydrogen-bond donors (Lipinski definition) is 1. The summed E-state index contributed by atoms with van der Waals surface area (Å²) in [6.45, 7) is 4.79. The van der Waals surface area contributed by atoms with Crippen LogP contribution in [0, 0.1) is 5.92 Å². The molecule has 1 nitrogen and oxygen atoms in total. The van der Waals surface area contributed by atoms with E-state index in [1.54, 1.807) is 0 Å². The molecule has 15 heavy (non-hydrogen) atoms. The van der Waals surface area contributed by atoms with E-state index in [-0.39, 0.29) is 0 Å². The summed E-state index contributed by atoms with van der Waals surface area (Å²) in [6.07, 6.45) is 4.09. The molecule has 0 aliphatic carbocycles. The van der Waals surface area contributed by atoms with E-state index in [1.165, 1.54) is 37.9 Å². The topological polar surface area (TPSA) is 12.0 Å². The van der Waals surface area contributed by atoms with E-state index in [2.05, 4.69) is 42.6 Å². The van der Waals surface area contributed by atoms with Gasteiger partial charge in [0, 0.05) is 0 Å². The van der Waals surface area contributed by atoms with Gasteiger partial charge in [0.1, 0.15) is 0 Å². The van der Waals surface area contributed by atoms with Gasteiger partial charge in [0.2, 0.25) is 0 Å². The zero-order valence-electron chi connectivity index (χ0n) is 9.58. The lowest BCUT2D eigenvalue weighted by Crippen LogP contribution is -2.30. The Balaban J connectivity index is 1.88. The quantitative estimate of drug-likeness (QED) is 0.795. The average molecular weight is 203 g/mol. The molecule has 2 unspecified atom stereocenters. The standard InChI is InChI=1S/C14H21N/c1-12(14-7-3-2-4-8-14)10-13-6-5-9-15-11-13/h2-4,7-8,12-13,15H,5-6,9-11H2,1H3. The molecule has 0 bridgehead atoms. The van der Waals surface area contributed by atoms with Gasteiger partial charge in [0.15, 0.2) is 0 Å². The smallest absolute Gasteiger partial charge is 0.00203 e. The fourth-order valence-electron chi connectivity index (χ4n) is 2.54. The van der Waals surface area contributed by atoms with Crippen LogP contribution in [0.5, 0.6) is 0 Å². The Bertz CT molecular complexity index is 275. The molecule has 1 heterocycles. The maximum absolute atomic E-state index is 3.49. The normalized spacial score (nSPS) is 23.7. The van der Waals surface area contributed by atoms with Gasteiger partial charge in [0.25, 0.3) is 0 Å². The second kappa shape index (κ2) is 5.32. The van der Waals surface area contributed by atoms with E-state index >= 15 is 0 Å². The van der Waals surface area contributed by atoms with E-state index in [0.29, 0.717) is 5.92 Å². The molecule has 0 radical (unpaired) electrons. The lowest BCUT2D eigenvalue weighted by molar-refractivity contribution is 0.340. The molecule has 1 saturated heterocycles. The third-order valence-electron chi connectivity index (χ3n) is 3.45. The van der Waals surface area contributed by atoms with Gasteiger partial charge in [-0.3, -0.25) is 0 Å². The number of piperidine rings is 1. The number of nitrogens with one attached hydrogen (secondary N) is 1. The van der Waals surface area contributed by atoms with Crippen molar-refractivity contribution in [3.05, 3.63) is 35.9 Å². The fraction of sp³-hybridized carbons (Fsp3) is 0.571. The Kier molecular flexibility index (Phi) is 3.79. The van der Waals surface area contributed by atoms with Gasteiger partial charge in [-0.15, -0.1) is 0 Å². The molecule has 1 N–H and O–H groups in total. The minimum atomic E-state index is 0.705. The Labute approximate surface area is 92.9 Å². The molecular formula is C14H21N. The minimum absolute atomic E-state index is 0.705. The Hall–Kier alpha value is -0.820. The molecule has 82 valence electrons. The summed E-state index contributed by atoms with van der Waals surface area (Å²) in [4.78, 5) is 0. The Morgan fingerprint density at radius 1 is 1.33 bits per heavy atom. The highest BCUT2D eigenvalue weighted by Crippen LogP contribution is 2.26. The SMILES string of the molecule is CC(CC1CCCNC1)c1ccccc1. The fourth-order valence-corrected chi connectivity index (χ4v) is 2.54. The van der Waals surface area contributed by atoms with Crippen LogP contribution in [0.2, 0.25) is 0 Å². The highest BCUT2D eigenvalue weighted by molar-refractivity contribution is 5.18. The first-order valence-electron chi connectivity index (χ1n) is 6.12. The number of hydrogen-bond acceptors (Lipinski definition) is 1. The maximum Gasteiger partial charge on any atom is -0.00203 e. The van der Waals surface area contributed by atoms with Crippen LogP contribution in [0.1, 0.15) is 37.7 Å². The van der Waals surface area contributed by atoms with Crippen LogP contribution in [0.4, 0.5) is 0 Å². The van der Waals surface area contributed by atoms with E-state index in [9.17, 15) is 0 Å². The van der Waals surface area contributed by atoms with Crippen LogP contribution in [0.15, 0.2) is 30.3 Å². The molecule has 1 aliphatic rings. The first-order chi connectivity index (χ1) is 7.36. The van der Waals surface area contributed by atoms with Crippen LogP contribution >= 0.6 is 0 Å². The Morgan fingerprint density at radius 3 is 2.80 bits per heavy atom. The monoisotopic (exact) mass is 203 g/mol. The van der Waals surface area contributed by atoms with Gasteiger partial charge < -0.3 is 5.32 Å². The summed E-state index contributed by atoms with van der Waals surface area (Å²) in [5.74, 6) is 1.59. The van der Waals surface area contributed by atoms with Crippen molar-refractivity contribution in [2.45, 2.75) is 32.1 Å². The van der Waals surface area contributed by atoms with Gasteiger partial charge in [-0.05, 0) is 49.8 Å². The number of benzene rings is 1. The van der Waals surface area contributed by atoms with Crippen LogP contribution in [-0.4, -0.2) is 13.1 Å². The van der Waals surface area contributed by atoms with Gasteiger partial charge in [-0.1, -0.05) is 37.3 Å². The maximum atomic E-state index is 3.49. The van der Waals surface area contributed by atoms with Crippen molar-refractivity contribution in [1.29, 1.82) is 0 Å². The summed E-state index contributed by atoms with van der Waals surface area (Å²) in [6, 6.07) is 10.9. The zero-order valence-corrected chi connectivity index (χ0v) is 9.58. The van der Waals surface area contributed by atoms with Crippen LogP contribution in [0.3, 0.4) is 0 Å². The van der Waals surface area contributed by atoms with Crippen molar-refractivity contribution < 1.29 is 0 Å². The molecular weight excluding hydrogens is 182 g/mol. The minimum Gasteiger partial charge on any atom is -0.316 e. The molecule has 0 spiro atoms. The lowest BCUT2D eigenvalue weighted by atomic mass is 9.86. The van der Waals surface area contributed by atoms with E-state index in [4.69, 9.17) is 0 Å². The third kappa shape index (κ3) is 3.07. The van der Waals surface area contributed by atoms with Crippen LogP contribution in [0.25, 0.3) is 0 Å². The summed E-state index contributed by atoms with van der Waals surface area (Å²) in [5, 5.41) is 3.49. The first-order valence-corrected chi connectivity index (χ1v) is 6.12. The largest absolute Gasteiger partial charge is 0.316 e. The predicted molar refractivity (Wildman–Crippen MR) is 65.1 cm³/mol. The molecule has 1 heteroatoms. The summed E-state index contributed by atoms with van der Waals surface area (Å²) < 4.78 is 0. The molecule has 1 aliphatic heterocycles. The molecule has 0 saturated carbocycles. The zero-order chi connectivity index (χ0) is 10.5. The molecule has 0 aromatic heterocycles. The second-order valence-corrected chi connectivity index (χ2v) is 4.76. The lowest BCUT2D eigenvalue weighted by Gasteiger charge is -2.25. The molecule has 0 amide bonds. The van der Waals surface area contributed by atoms with Gasteiger partial charge in [0.05, 0.1) is 0 Å². The summed E-state index contributed by atoms with van der Waals surface area (Å²) >= 11 is 0. The summed E-state index contributed by atoms with van der Waals surface area (Å²) in [7, 11) is 0. The van der Waals surface area contributed by atoms with E-state index in [0.717, 1.165) is 5.92 Å². The van der Waals surface area contributed by atoms with Crippen molar-refractivity contribution in [2.75, 3.05) is 13.1 Å². The van der Waals surface area contributed by atoms with E-state index < -0.39 is 0 Å². The molecule has 1 aromatic rings. The van der Waals surface area contributed by atoms with Gasteiger partial charge in [-0.2, -0.15) is 0 Å². The number of rotatable bonds is 3. The van der Waals surface area contributed by atoms with Crippen molar-refractivity contribution in [3.63, 3.8) is 0 Å². The van der Waals surface area contributed by atoms with Gasteiger partial charge >= 0.3 is 0 Å². The first kappa shape index (κ1) is 10.7. The van der Waals surface area contributed by atoms with E-state index in [1.807, 2.05) is 0 Å². The molecule has 1 aromatic carbocycles. The summed E-state index contributed by atoms with van der Waals surface area (Å²) in [5.41, 5.74) is 1.49. The Morgan fingerprint density at radius 2 is 2.13 bits per heavy atom. The van der Waals surface area contributed by atoms with Crippen LogP contribution in [-0.2, 0) is 0 Å².